The van der Waals surface area contributed by atoms with E-state index in [0.29, 0.717) is 10.0 Å². The topological polar surface area (TPSA) is 90.2 Å². The van der Waals surface area contributed by atoms with Crippen molar-refractivity contribution in [3.05, 3.63) is 34.3 Å². The molecule has 3 aliphatic rings. The number of hydrazone groups is 1. The minimum absolute atomic E-state index is 0.106. The fraction of sp³-hybridized carbons (Fsp3) is 0.312. The molecule has 1 saturated heterocycles. The molecule has 1 aliphatic heterocycles. The number of carbonyl (C=O) groups is 2. The van der Waals surface area contributed by atoms with Gasteiger partial charge < -0.3 is 10.2 Å². The Kier molecular flexibility index (Phi) is 3.09. The number of imide groups is 1. The lowest BCUT2D eigenvalue weighted by Gasteiger charge is -2.13. The lowest BCUT2D eigenvalue weighted by molar-refractivity contribution is -0.140. The number of hydrogen-bond acceptors (Lipinski definition) is 5. The Morgan fingerprint density at radius 3 is 2.30 bits per heavy atom. The molecule has 6 nitrogen and oxygen atoms in total. The second-order valence-electron chi connectivity index (χ2n) is 6.10. The Morgan fingerprint density at radius 1 is 1.09 bits per heavy atom. The Balaban J connectivity index is 1.62. The SMILES string of the molecule is O=C1[C@@H]2[C@@H](C(=O)N1/N=C/c1cc(Br)c(O)cc1O)[C@H]1C=C[C@@H]2C1. The number of halogens is 1. The number of carbonyl (C=O) groups excluding carboxylic acids is 2. The summed E-state index contributed by atoms with van der Waals surface area (Å²) in [5, 5.41) is 24.2. The number of phenolic OH excluding ortho intramolecular Hbond substituents is 2. The van der Waals surface area contributed by atoms with Crippen molar-refractivity contribution >= 4 is 34.0 Å². The van der Waals surface area contributed by atoms with Crippen LogP contribution in [0.3, 0.4) is 0 Å². The molecule has 1 aromatic rings. The molecule has 0 spiro atoms. The monoisotopic (exact) mass is 376 g/mol. The van der Waals surface area contributed by atoms with Crippen LogP contribution in [-0.4, -0.2) is 33.3 Å². The zero-order valence-electron chi connectivity index (χ0n) is 11.9. The van der Waals surface area contributed by atoms with Gasteiger partial charge in [0, 0.05) is 11.6 Å². The summed E-state index contributed by atoms with van der Waals surface area (Å²) in [5.74, 6) is -1.16. The van der Waals surface area contributed by atoms with Crippen molar-refractivity contribution < 1.29 is 19.8 Å². The second-order valence-corrected chi connectivity index (χ2v) is 6.95. The Hall–Kier alpha value is -2.15. The first-order chi connectivity index (χ1) is 11.0. The molecule has 2 aliphatic carbocycles. The van der Waals surface area contributed by atoms with Gasteiger partial charge in [0.1, 0.15) is 11.5 Å². The molecule has 2 fully saturated rings. The maximum Gasteiger partial charge on any atom is 0.254 e. The summed E-state index contributed by atoms with van der Waals surface area (Å²) in [6, 6.07) is 2.63. The molecule has 23 heavy (non-hydrogen) atoms. The van der Waals surface area contributed by atoms with E-state index in [9.17, 15) is 19.8 Å². The summed E-state index contributed by atoms with van der Waals surface area (Å²) in [5.41, 5.74) is 0.299. The van der Waals surface area contributed by atoms with Gasteiger partial charge in [-0.1, -0.05) is 12.2 Å². The fourth-order valence-electron chi connectivity index (χ4n) is 3.79. The minimum atomic E-state index is -0.296. The van der Waals surface area contributed by atoms with Gasteiger partial charge in [-0.05, 0) is 40.3 Å². The quantitative estimate of drug-likeness (QED) is 0.469. The van der Waals surface area contributed by atoms with E-state index in [1.165, 1.54) is 12.3 Å². The molecule has 4 atom stereocenters. The van der Waals surface area contributed by atoms with Crippen molar-refractivity contribution in [1.29, 1.82) is 0 Å². The predicted octanol–water partition coefficient (Wildman–Crippen LogP) is 2.00. The number of nitrogens with zero attached hydrogens (tertiary/aromatic N) is 2. The average Bonchev–Trinajstić information content (AvgIpc) is 3.17. The summed E-state index contributed by atoms with van der Waals surface area (Å²) >= 11 is 3.14. The third-order valence-electron chi connectivity index (χ3n) is 4.86. The van der Waals surface area contributed by atoms with Gasteiger partial charge in [-0.2, -0.15) is 10.1 Å². The number of aromatic hydroxyl groups is 2. The van der Waals surface area contributed by atoms with Crippen LogP contribution in [0, 0.1) is 23.7 Å². The highest BCUT2D eigenvalue weighted by molar-refractivity contribution is 9.10. The molecule has 118 valence electrons. The van der Waals surface area contributed by atoms with Gasteiger partial charge in [0.2, 0.25) is 0 Å². The summed E-state index contributed by atoms with van der Waals surface area (Å²) in [6.07, 6.45) is 6.17. The largest absolute Gasteiger partial charge is 0.507 e. The summed E-state index contributed by atoms with van der Waals surface area (Å²) < 4.78 is 0.384. The van der Waals surface area contributed by atoms with Gasteiger partial charge >= 0.3 is 0 Å². The average molecular weight is 377 g/mol. The van der Waals surface area contributed by atoms with Gasteiger partial charge in [0.05, 0.1) is 22.5 Å². The van der Waals surface area contributed by atoms with E-state index < -0.39 is 0 Å². The van der Waals surface area contributed by atoms with Crippen LogP contribution < -0.4 is 0 Å². The van der Waals surface area contributed by atoms with Crippen LogP contribution >= 0.6 is 15.9 Å². The van der Waals surface area contributed by atoms with Crippen LogP contribution in [0.2, 0.25) is 0 Å². The van der Waals surface area contributed by atoms with Crippen LogP contribution in [-0.2, 0) is 9.59 Å². The van der Waals surface area contributed by atoms with E-state index in [1.807, 2.05) is 12.2 Å². The minimum Gasteiger partial charge on any atom is -0.507 e. The third kappa shape index (κ3) is 2.03. The van der Waals surface area contributed by atoms with Gasteiger partial charge in [-0.15, -0.1) is 0 Å². The van der Waals surface area contributed by atoms with Crippen LogP contribution in [0.15, 0.2) is 33.9 Å². The number of benzene rings is 1. The number of phenols is 2. The highest BCUT2D eigenvalue weighted by Gasteiger charge is 2.59. The summed E-state index contributed by atoms with van der Waals surface area (Å²) in [7, 11) is 0. The van der Waals surface area contributed by atoms with Crippen molar-refractivity contribution in [1.82, 2.24) is 5.01 Å². The first-order valence-electron chi connectivity index (χ1n) is 7.29. The number of allylic oxidation sites excluding steroid dienone is 2. The Morgan fingerprint density at radius 2 is 1.70 bits per heavy atom. The molecule has 4 rings (SSSR count). The molecule has 1 heterocycles. The smallest absolute Gasteiger partial charge is 0.254 e. The molecule has 2 amide bonds. The van der Waals surface area contributed by atoms with E-state index in [0.717, 1.165) is 17.5 Å². The molecule has 2 N–H and O–H groups in total. The molecule has 0 unspecified atom stereocenters. The standard InChI is InChI=1S/C16H13BrN2O4/c17-10-4-9(11(20)5-12(10)21)6-18-19-15(22)13-7-1-2-8(3-7)14(13)16(19)23/h1-2,4-8,13-14,20-21H,3H2/b18-6+/t7-,8+,13-,14-/m0/s1. The zero-order valence-corrected chi connectivity index (χ0v) is 13.5. The van der Waals surface area contributed by atoms with Crippen LogP contribution in [0.1, 0.15) is 12.0 Å². The van der Waals surface area contributed by atoms with Gasteiger partial charge in [0.15, 0.2) is 0 Å². The normalized spacial score (nSPS) is 31.6. The maximum atomic E-state index is 12.5. The number of amides is 2. The van der Waals surface area contributed by atoms with Gasteiger partial charge in [-0.25, -0.2) is 0 Å². The predicted molar refractivity (Wildman–Crippen MR) is 84.6 cm³/mol. The molecular weight excluding hydrogens is 364 g/mol. The van der Waals surface area contributed by atoms with Gasteiger partial charge in [-0.3, -0.25) is 9.59 Å². The van der Waals surface area contributed by atoms with E-state index in [-0.39, 0.29) is 47.0 Å². The van der Waals surface area contributed by atoms with E-state index in [1.54, 1.807) is 0 Å². The first-order valence-corrected chi connectivity index (χ1v) is 8.08. The molecule has 0 radical (unpaired) electrons. The number of fused-ring (bicyclic) bond motifs is 5. The van der Waals surface area contributed by atoms with Crippen LogP contribution in [0.5, 0.6) is 11.5 Å². The van der Waals surface area contributed by atoms with E-state index in [2.05, 4.69) is 21.0 Å². The Bertz CT molecular complexity index is 759. The third-order valence-corrected chi connectivity index (χ3v) is 5.49. The highest BCUT2D eigenvalue weighted by Crippen LogP contribution is 2.52. The van der Waals surface area contributed by atoms with Crippen molar-refractivity contribution in [2.24, 2.45) is 28.8 Å². The van der Waals surface area contributed by atoms with Crippen molar-refractivity contribution in [3.63, 3.8) is 0 Å². The summed E-state index contributed by atoms with van der Waals surface area (Å²) in [4.78, 5) is 24.9. The lowest BCUT2D eigenvalue weighted by Crippen LogP contribution is -2.28. The van der Waals surface area contributed by atoms with Crippen molar-refractivity contribution in [2.45, 2.75) is 6.42 Å². The number of rotatable bonds is 2. The maximum absolute atomic E-state index is 12.5. The molecule has 2 bridgehead atoms. The van der Waals surface area contributed by atoms with Gasteiger partial charge in [0.25, 0.3) is 11.8 Å². The molecule has 0 aromatic heterocycles. The zero-order chi connectivity index (χ0) is 16.3. The van der Waals surface area contributed by atoms with Crippen molar-refractivity contribution in [2.75, 3.05) is 0 Å². The molecule has 7 heteroatoms. The van der Waals surface area contributed by atoms with Crippen molar-refractivity contribution in [3.8, 4) is 11.5 Å². The first kappa shape index (κ1) is 14.4. The van der Waals surface area contributed by atoms with Crippen LogP contribution in [0.25, 0.3) is 0 Å². The van der Waals surface area contributed by atoms with E-state index >= 15 is 0 Å². The second kappa shape index (κ2) is 4.92. The number of hydrogen-bond donors (Lipinski definition) is 2. The van der Waals surface area contributed by atoms with Crippen LogP contribution in [0.4, 0.5) is 0 Å². The fourth-order valence-corrected chi connectivity index (χ4v) is 4.15. The highest BCUT2D eigenvalue weighted by atomic mass is 79.9. The Labute approximate surface area is 140 Å². The molecular formula is C16H13BrN2O4. The molecule has 1 aromatic carbocycles. The summed E-state index contributed by atoms with van der Waals surface area (Å²) in [6.45, 7) is 0. The lowest BCUT2D eigenvalue weighted by atomic mass is 9.85. The molecule has 1 saturated carbocycles. The van der Waals surface area contributed by atoms with E-state index in [4.69, 9.17) is 0 Å².